The summed E-state index contributed by atoms with van der Waals surface area (Å²) in [6, 6.07) is 7.94. The van der Waals surface area contributed by atoms with E-state index in [0.29, 0.717) is 5.56 Å². The van der Waals surface area contributed by atoms with Crippen LogP contribution in [0.15, 0.2) is 47.5 Å². The number of halogens is 2. The van der Waals surface area contributed by atoms with E-state index in [-0.39, 0.29) is 22.2 Å². The maximum absolute atomic E-state index is 14.0. The number of methoxy groups -OCH3 is 1. The van der Waals surface area contributed by atoms with Crippen LogP contribution >= 0.6 is 0 Å². The molecule has 152 valence electrons. The Kier molecular flexibility index (Phi) is 5.38. The third-order valence-corrected chi connectivity index (χ3v) is 5.70. The lowest BCUT2D eigenvalue weighted by Gasteiger charge is -2.12. The molecule has 3 aromatic rings. The van der Waals surface area contributed by atoms with Gasteiger partial charge in [-0.2, -0.15) is 0 Å². The number of nitrogens with zero attached hydrogens (tertiary/aromatic N) is 2. The first-order valence-corrected chi connectivity index (χ1v) is 9.82. The molecule has 0 atom stereocenters. The van der Waals surface area contributed by atoms with Crippen LogP contribution in [-0.4, -0.2) is 31.0 Å². The van der Waals surface area contributed by atoms with Gasteiger partial charge in [-0.05, 0) is 30.7 Å². The highest BCUT2D eigenvalue weighted by Gasteiger charge is 2.27. The number of sulfonamides is 1. The molecule has 0 saturated carbocycles. The van der Waals surface area contributed by atoms with Crippen molar-refractivity contribution in [2.45, 2.75) is 11.8 Å². The first kappa shape index (κ1) is 20.5. The van der Waals surface area contributed by atoms with Crippen LogP contribution in [0.25, 0.3) is 11.4 Å². The van der Waals surface area contributed by atoms with E-state index in [4.69, 9.17) is 4.74 Å². The lowest BCUT2D eigenvalue weighted by Crippen LogP contribution is -2.31. The van der Waals surface area contributed by atoms with Gasteiger partial charge in [-0.1, -0.05) is 18.2 Å². The van der Waals surface area contributed by atoms with Gasteiger partial charge in [0, 0.05) is 13.2 Å². The number of amides is 1. The minimum Gasteiger partial charge on any atom is -0.495 e. The third-order valence-electron chi connectivity index (χ3n) is 4.19. The Hall–Kier alpha value is -3.27. The molecule has 2 aromatic carbocycles. The van der Waals surface area contributed by atoms with Crippen LogP contribution in [0.4, 0.5) is 8.78 Å². The molecule has 0 radical (unpaired) electrons. The number of imidazole rings is 1. The average Bonchev–Trinajstić information content (AvgIpc) is 3.02. The van der Waals surface area contributed by atoms with E-state index in [9.17, 15) is 22.0 Å². The zero-order valence-corrected chi connectivity index (χ0v) is 16.5. The quantitative estimate of drug-likeness (QED) is 0.684. The van der Waals surface area contributed by atoms with Gasteiger partial charge in [0.25, 0.3) is 15.9 Å². The van der Waals surface area contributed by atoms with Crippen LogP contribution in [0, 0.1) is 18.6 Å². The highest BCUT2D eigenvalue weighted by atomic mass is 32.2. The monoisotopic (exact) mass is 421 g/mol. The van der Waals surface area contributed by atoms with Crippen molar-refractivity contribution in [2.24, 2.45) is 7.05 Å². The maximum Gasteiger partial charge on any atom is 0.285 e. The molecule has 0 fully saturated rings. The SMILES string of the molecule is COc1cccc(C)c1S(=O)(=O)NC(=O)c1cn(C)c(-c2c(F)cccc2F)n1. The molecular weight excluding hydrogens is 404 g/mol. The normalized spacial score (nSPS) is 11.3. The third kappa shape index (κ3) is 3.83. The molecule has 0 spiro atoms. The Balaban J connectivity index is 1.97. The summed E-state index contributed by atoms with van der Waals surface area (Å²) in [6.07, 6.45) is 1.18. The number of aromatic nitrogens is 2. The minimum atomic E-state index is -4.29. The minimum absolute atomic E-state index is 0.0698. The van der Waals surface area contributed by atoms with Crippen molar-refractivity contribution < 1.29 is 26.7 Å². The number of ether oxygens (including phenoxy) is 1. The van der Waals surface area contributed by atoms with Gasteiger partial charge in [-0.3, -0.25) is 4.79 Å². The summed E-state index contributed by atoms with van der Waals surface area (Å²) in [7, 11) is -1.54. The summed E-state index contributed by atoms with van der Waals surface area (Å²) in [5.41, 5.74) is -0.362. The molecule has 3 rings (SSSR count). The van der Waals surface area contributed by atoms with Crippen molar-refractivity contribution in [1.82, 2.24) is 14.3 Å². The van der Waals surface area contributed by atoms with Crippen molar-refractivity contribution in [1.29, 1.82) is 0 Å². The van der Waals surface area contributed by atoms with Gasteiger partial charge < -0.3 is 9.30 Å². The van der Waals surface area contributed by atoms with Gasteiger partial charge in [-0.25, -0.2) is 26.9 Å². The maximum atomic E-state index is 14.0. The number of aryl methyl sites for hydroxylation is 2. The number of benzene rings is 2. The predicted octanol–water partition coefficient (Wildman–Crippen LogP) is 2.80. The molecule has 0 aliphatic carbocycles. The van der Waals surface area contributed by atoms with Gasteiger partial charge >= 0.3 is 0 Å². The number of hydrogen-bond donors (Lipinski definition) is 1. The Morgan fingerprint density at radius 3 is 2.38 bits per heavy atom. The molecule has 0 unspecified atom stereocenters. The zero-order valence-electron chi connectivity index (χ0n) is 15.7. The van der Waals surface area contributed by atoms with Crippen molar-refractivity contribution in [3.8, 4) is 17.1 Å². The van der Waals surface area contributed by atoms with Crippen molar-refractivity contribution >= 4 is 15.9 Å². The molecule has 0 saturated heterocycles. The van der Waals surface area contributed by atoms with E-state index in [1.807, 2.05) is 4.72 Å². The van der Waals surface area contributed by atoms with Gasteiger partial charge in [0.05, 0.1) is 12.7 Å². The summed E-state index contributed by atoms with van der Waals surface area (Å²) in [4.78, 5) is 16.2. The smallest absolute Gasteiger partial charge is 0.285 e. The lowest BCUT2D eigenvalue weighted by molar-refractivity contribution is 0.0977. The molecule has 29 heavy (non-hydrogen) atoms. The molecule has 0 aliphatic heterocycles. The summed E-state index contributed by atoms with van der Waals surface area (Å²) in [5.74, 6) is -2.85. The van der Waals surface area contributed by atoms with E-state index in [1.165, 1.54) is 37.1 Å². The molecule has 1 heterocycles. The highest BCUT2D eigenvalue weighted by Crippen LogP contribution is 2.28. The highest BCUT2D eigenvalue weighted by molar-refractivity contribution is 7.90. The second-order valence-electron chi connectivity index (χ2n) is 6.20. The largest absolute Gasteiger partial charge is 0.495 e. The fourth-order valence-corrected chi connectivity index (χ4v) is 4.23. The number of carbonyl (C=O) groups is 1. The average molecular weight is 421 g/mol. The molecule has 1 N–H and O–H groups in total. The first-order valence-electron chi connectivity index (χ1n) is 8.34. The van der Waals surface area contributed by atoms with E-state index >= 15 is 0 Å². The van der Waals surface area contributed by atoms with Crippen molar-refractivity contribution in [3.05, 3.63) is 65.5 Å². The van der Waals surface area contributed by atoms with Crippen LogP contribution < -0.4 is 9.46 Å². The van der Waals surface area contributed by atoms with Gasteiger partial charge in [0.2, 0.25) is 0 Å². The van der Waals surface area contributed by atoms with E-state index in [0.717, 1.165) is 12.1 Å². The fourth-order valence-electron chi connectivity index (χ4n) is 2.88. The number of carbonyl (C=O) groups excluding carboxylic acids is 1. The van der Waals surface area contributed by atoms with Gasteiger partial charge in [0.1, 0.15) is 33.8 Å². The molecule has 1 amide bonds. The van der Waals surface area contributed by atoms with Gasteiger partial charge in [0.15, 0.2) is 0 Å². The predicted molar refractivity (Wildman–Crippen MR) is 101 cm³/mol. The second kappa shape index (κ2) is 7.63. The van der Waals surface area contributed by atoms with Gasteiger partial charge in [-0.15, -0.1) is 0 Å². The Morgan fingerprint density at radius 1 is 1.14 bits per heavy atom. The Morgan fingerprint density at radius 2 is 1.76 bits per heavy atom. The Bertz CT molecular complexity index is 1190. The fraction of sp³-hybridized carbons (Fsp3) is 0.158. The summed E-state index contributed by atoms with van der Waals surface area (Å²) < 4.78 is 61.7. The molecule has 1 aromatic heterocycles. The van der Waals surface area contributed by atoms with E-state index in [2.05, 4.69) is 4.98 Å². The number of rotatable bonds is 5. The van der Waals surface area contributed by atoms with Crippen LogP contribution in [0.5, 0.6) is 5.75 Å². The van der Waals surface area contributed by atoms with Crippen LogP contribution in [0.1, 0.15) is 16.1 Å². The van der Waals surface area contributed by atoms with Crippen LogP contribution in [-0.2, 0) is 17.1 Å². The van der Waals surface area contributed by atoms with E-state index in [1.54, 1.807) is 19.1 Å². The van der Waals surface area contributed by atoms with E-state index < -0.39 is 33.1 Å². The number of hydrogen-bond acceptors (Lipinski definition) is 5. The Labute approximate surface area is 166 Å². The number of nitrogens with one attached hydrogen (secondary N) is 1. The molecule has 10 heteroatoms. The summed E-state index contributed by atoms with van der Waals surface area (Å²) in [6.45, 7) is 1.56. The molecule has 0 bridgehead atoms. The summed E-state index contributed by atoms with van der Waals surface area (Å²) >= 11 is 0. The molecular formula is C19H17F2N3O4S. The van der Waals surface area contributed by atoms with Crippen molar-refractivity contribution in [2.75, 3.05) is 7.11 Å². The molecule has 0 aliphatic rings. The standard InChI is InChI=1S/C19H17F2N3O4S/c1-11-6-4-9-15(28-3)17(11)29(26,27)23-19(25)14-10-24(2)18(22-14)16-12(20)7-5-8-13(16)21/h4-10H,1-3H3,(H,23,25). The first-order chi connectivity index (χ1) is 13.7. The summed E-state index contributed by atoms with van der Waals surface area (Å²) in [5, 5.41) is 0. The second-order valence-corrected chi connectivity index (χ2v) is 7.82. The van der Waals surface area contributed by atoms with Crippen molar-refractivity contribution in [3.63, 3.8) is 0 Å². The topological polar surface area (TPSA) is 90.3 Å². The van der Waals surface area contributed by atoms with Crippen LogP contribution in [0.3, 0.4) is 0 Å². The molecule has 7 nitrogen and oxygen atoms in total. The van der Waals surface area contributed by atoms with Crippen LogP contribution in [0.2, 0.25) is 0 Å². The lowest BCUT2D eigenvalue weighted by atomic mass is 10.2. The zero-order chi connectivity index (χ0) is 21.3.